The summed E-state index contributed by atoms with van der Waals surface area (Å²) in [4.78, 5) is 6.93. The van der Waals surface area contributed by atoms with Gasteiger partial charge in [-0.15, -0.1) is 0 Å². The SMILES string of the molecule is C=C(OCC)C(C)(C)C1CCC(c2cc(-c3ccc(F)cc3C)c(N(C)C)cn2)CC1. The molecular formula is C27H37FN2O. The van der Waals surface area contributed by atoms with Crippen molar-refractivity contribution in [1.82, 2.24) is 4.98 Å². The Hall–Kier alpha value is -2.36. The van der Waals surface area contributed by atoms with Gasteiger partial charge in [0.15, 0.2) is 0 Å². The number of nitrogens with zero attached hydrogens (tertiary/aromatic N) is 2. The lowest BCUT2D eigenvalue weighted by Crippen LogP contribution is -2.30. The molecule has 1 aromatic heterocycles. The van der Waals surface area contributed by atoms with Crippen molar-refractivity contribution in [3.05, 3.63) is 59.9 Å². The van der Waals surface area contributed by atoms with Gasteiger partial charge in [-0.2, -0.15) is 0 Å². The third kappa shape index (κ3) is 4.94. The molecule has 0 aliphatic heterocycles. The molecule has 3 rings (SSSR count). The summed E-state index contributed by atoms with van der Waals surface area (Å²) in [5.74, 6) is 1.73. The van der Waals surface area contributed by atoms with E-state index in [0.717, 1.165) is 59.5 Å². The molecule has 2 aromatic rings. The average molecular weight is 425 g/mol. The van der Waals surface area contributed by atoms with Gasteiger partial charge in [-0.1, -0.05) is 26.5 Å². The molecule has 31 heavy (non-hydrogen) atoms. The highest BCUT2D eigenvalue weighted by molar-refractivity contribution is 5.80. The van der Waals surface area contributed by atoms with Gasteiger partial charge in [0, 0.05) is 36.7 Å². The maximum absolute atomic E-state index is 13.7. The van der Waals surface area contributed by atoms with Crippen LogP contribution in [0, 0.1) is 24.1 Å². The van der Waals surface area contributed by atoms with E-state index < -0.39 is 0 Å². The number of hydrogen-bond donors (Lipinski definition) is 0. The van der Waals surface area contributed by atoms with Gasteiger partial charge < -0.3 is 9.64 Å². The first-order valence-electron chi connectivity index (χ1n) is 11.4. The number of halogens is 1. The van der Waals surface area contributed by atoms with Crippen LogP contribution < -0.4 is 4.90 Å². The number of benzene rings is 1. The van der Waals surface area contributed by atoms with E-state index in [9.17, 15) is 4.39 Å². The van der Waals surface area contributed by atoms with Crippen LogP contribution >= 0.6 is 0 Å². The lowest BCUT2D eigenvalue weighted by atomic mass is 9.67. The fourth-order valence-electron chi connectivity index (χ4n) is 4.89. The average Bonchev–Trinajstić information content (AvgIpc) is 2.73. The molecule has 0 amide bonds. The lowest BCUT2D eigenvalue weighted by Gasteiger charge is -2.40. The molecule has 0 atom stereocenters. The van der Waals surface area contributed by atoms with E-state index in [1.807, 2.05) is 40.2 Å². The maximum Gasteiger partial charge on any atom is 0.123 e. The zero-order valence-electron chi connectivity index (χ0n) is 20.0. The minimum Gasteiger partial charge on any atom is -0.498 e. The highest BCUT2D eigenvalue weighted by atomic mass is 19.1. The molecule has 0 N–H and O–H groups in total. The Bertz CT molecular complexity index is 927. The van der Waals surface area contributed by atoms with Crippen molar-refractivity contribution in [2.75, 3.05) is 25.6 Å². The fourth-order valence-corrected chi connectivity index (χ4v) is 4.89. The molecular weight excluding hydrogens is 387 g/mol. The van der Waals surface area contributed by atoms with Crippen molar-refractivity contribution in [2.24, 2.45) is 11.3 Å². The van der Waals surface area contributed by atoms with Crippen LogP contribution in [-0.2, 0) is 4.74 Å². The predicted molar refractivity (Wildman–Crippen MR) is 128 cm³/mol. The topological polar surface area (TPSA) is 25.4 Å². The van der Waals surface area contributed by atoms with Crippen LogP contribution in [0.15, 0.2) is 42.8 Å². The summed E-state index contributed by atoms with van der Waals surface area (Å²) < 4.78 is 19.4. The van der Waals surface area contributed by atoms with Crippen molar-refractivity contribution in [3.8, 4) is 11.1 Å². The van der Waals surface area contributed by atoms with Crippen LogP contribution in [0.3, 0.4) is 0 Å². The molecule has 1 aliphatic rings. The number of ether oxygens (including phenoxy) is 1. The van der Waals surface area contributed by atoms with Crippen LogP contribution in [0.25, 0.3) is 11.1 Å². The van der Waals surface area contributed by atoms with Gasteiger partial charge in [0.2, 0.25) is 0 Å². The van der Waals surface area contributed by atoms with Crippen molar-refractivity contribution in [1.29, 1.82) is 0 Å². The van der Waals surface area contributed by atoms with E-state index in [-0.39, 0.29) is 11.2 Å². The van der Waals surface area contributed by atoms with Crippen molar-refractivity contribution >= 4 is 5.69 Å². The van der Waals surface area contributed by atoms with Crippen molar-refractivity contribution < 1.29 is 9.13 Å². The van der Waals surface area contributed by atoms with Crippen molar-refractivity contribution in [2.45, 2.75) is 59.3 Å². The minimum absolute atomic E-state index is 0.0143. The Balaban J connectivity index is 1.84. The second kappa shape index (κ2) is 9.42. The largest absolute Gasteiger partial charge is 0.498 e. The molecule has 1 heterocycles. The molecule has 0 radical (unpaired) electrons. The number of rotatable bonds is 7. The normalized spacial score (nSPS) is 19.2. The van der Waals surface area contributed by atoms with E-state index >= 15 is 0 Å². The quantitative estimate of drug-likeness (QED) is 0.443. The van der Waals surface area contributed by atoms with E-state index in [2.05, 4.69) is 31.4 Å². The van der Waals surface area contributed by atoms with E-state index in [1.165, 1.54) is 0 Å². The van der Waals surface area contributed by atoms with Gasteiger partial charge in [-0.3, -0.25) is 4.98 Å². The summed E-state index contributed by atoms with van der Waals surface area (Å²) in [6, 6.07) is 7.26. The molecule has 1 fully saturated rings. The maximum atomic E-state index is 13.7. The second-order valence-electron chi connectivity index (χ2n) is 9.61. The third-order valence-corrected chi connectivity index (χ3v) is 7.07. The first kappa shape index (κ1) is 23.3. The van der Waals surface area contributed by atoms with Crippen molar-refractivity contribution in [3.63, 3.8) is 0 Å². The van der Waals surface area contributed by atoms with Crippen LogP contribution in [0.1, 0.15) is 63.6 Å². The monoisotopic (exact) mass is 424 g/mol. The minimum atomic E-state index is -0.198. The Kier molecular flexibility index (Phi) is 7.08. The summed E-state index contributed by atoms with van der Waals surface area (Å²) in [5, 5.41) is 0. The number of aromatic nitrogens is 1. The summed E-state index contributed by atoms with van der Waals surface area (Å²) in [6.45, 7) is 13.4. The standard InChI is InChI=1S/C27H37FN2O/c1-8-31-19(3)27(4,5)21-11-9-20(10-12-21)25-16-24(26(17-29-25)30(6)7)23-14-13-22(28)15-18(23)2/h13-17,20-21H,3,8-12H2,1-2,4-7H3. The molecule has 1 aromatic carbocycles. The molecule has 3 nitrogen and oxygen atoms in total. The van der Waals surface area contributed by atoms with Crippen LogP contribution in [0.5, 0.6) is 0 Å². The van der Waals surface area contributed by atoms with E-state index in [1.54, 1.807) is 12.1 Å². The van der Waals surface area contributed by atoms with Gasteiger partial charge in [0.05, 0.1) is 24.3 Å². The van der Waals surface area contributed by atoms with E-state index in [4.69, 9.17) is 9.72 Å². The number of pyridine rings is 1. The van der Waals surface area contributed by atoms with Gasteiger partial charge in [-0.25, -0.2) is 4.39 Å². The van der Waals surface area contributed by atoms with E-state index in [0.29, 0.717) is 18.4 Å². The Labute approximate surface area is 187 Å². The molecule has 4 heteroatoms. The first-order valence-corrected chi connectivity index (χ1v) is 11.4. The predicted octanol–water partition coefficient (Wildman–Crippen LogP) is 7.11. The highest BCUT2D eigenvalue weighted by Crippen LogP contribution is 2.47. The molecule has 1 aliphatic carbocycles. The summed E-state index contributed by atoms with van der Waals surface area (Å²) in [5.41, 5.74) is 5.32. The zero-order valence-corrected chi connectivity index (χ0v) is 20.0. The second-order valence-corrected chi connectivity index (χ2v) is 9.61. The lowest BCUT2D eigenvalue weighted by molar-refractivity contribution is 0.0891. The first-order chi connectivity index (χ1) is 14.6. The number of anilines is 1. The van der Waals surface area contributed by atoms with Gasteiger partial charge in [-0.05, 0) is 74.8 Å². The molecule has 168 valence electrons. The number of aryl methyl sites for hydroxylation is 1. The van der Waals surface area contributed by atoms with Crippen LogP contribution in [0.2, 0.25) is 0 Å². The Morgan fingerprint density at radius 1 is 1.16 bits per heavy atom. The fraction of sp³-hybridized carbons (Fsp3) is 0.519. The molecule has 0 saturated heterocycles. The zero-order chi connectivity index (χ0) is 22.8. The highest BCUT2D eigenvalue weighted by Gasteiger charge is 2.37. The van der Waals surface area contributed by atoms with Gasteiger partial charge in [0.25, 0.3) is 0 Å². The van der Waals surface area contributed by atoms with Gasteiger partial charge >= 0.3 is 0 Å². The van der Waals surface area contributed by atoms with Crippen LogP contribution in [-0.4, -0.2) is 25.7 Å². The molecule has 1 saturated carbocycles. The third-order valence-electron chi connectivity index (χ3n) is 7.07. The summed E-state index contributed by atoms with van der Waals surface area (Å²) in [6.07, 6.45) is 6.49. The summed E-state index contributed by atoms with van der Waals surface area (Å²) >= 11 is 0. The number of hydrogen-bond acceptors (Lipinski definition) is 3. The molecule has 0 bridgehead atoms. The van der Waals surface area contributed by atoms with Gasteiger partial charge in [0.1, 0.15) is 5.82 Å². The summed E-state index contributed by atoms with van der Waals surface area (Å²) in [7, 11) is 4.05. The smallest absolute Gasteiger partial charge is 0.123 e. The Morgan fingerprint density at radius 2 is 1.84 bits per heavy atom. The Morgan fingerprint density at radius 3 is 2.42 bits per heavy atom. The molecule has 0 spiro atoms. The number of allylic oxidation sites excluding steroid dienone is 1. The van der Waals surface area contributed by atoms with Crippen LogP contribution in [0.4, 0.5) is 10.1 Å². The molecule has 0 unspecified atom stereocenters.